The summed E-state index contributed by atoms with van der Waals surface area (Å²) in [6.45, 7) is 1.17. The van der Waals surface area contributed by atoms with E-state index in [1.54, 1.807) is 23.9 Å². The van der Waals surface area contributed by atoms with Crippen LogP contribution in [0.25, 0.3) is 0 Å². The molecule has 0 aromatic heterocycles. The van der Waals surface area contributed by atoms with Crippen LogP contribution in [0.5, 0.6) is 0 Å². The number of nitrogens with zero attached hydrogens (tertiary/aromatic N) is 1. The van der Waals surface area contributed by atoms with E-state index in [4.69, 9.17) is 5.11 Å². The van der Waals surface area contributed by atoms with Crippen LogP contribution in [0.4, 0.5) is 9.18 Å². The van der Waals surface area contributed by atoms with E-state index in [1.807, 2.05) is 0 Å². The second-order valence-electron chi connectivity index (χ2n) is 4.06. The highest BCUT2D eigenvalue weighted by atomic mass is 32.2. The predicted octanol–water partition coefficient (Wildman–Crippen LogP) is 3.06. The molecule has 1 heterocycles. The molecule has 1 saturated heterocycles. The minimum atomic E-state index is -0.852. The number of hydrogen-bond acceptors (Lipinski definition) is 2. The number of rotatable bonds is 2. The third-order valence-electron chi connectivity index (χ3n) is 2.77. The summed E-state index contributed by atoms with van der Waals surface area (Å²) in [6.07, 6.45) is 1.05. The van der Waals surface area contributed by atoms with Crippen molar-refractivity contribution in [2.24, 2.45) is 0 Å². The molecule has 1 atom stereocenters. The van der Waals surface area contributed by atoms with Crippen molar-refractivity contribution in [2.75, 3.05) is 13.1 Å². The largest absolute Gasteiger partial charge is 0.465 e. The van der Waals surface area contributed by atoms with Crippen LogP contribution in [-0.4, -0.2) is 34.4 Å². The highest BCUT2D eigenvalue weighted by Crippen LogP contribution is 2.29. The van der Waals surface area contributed by atoms with Crippen LogP contribution < -0.4 is 0 Å². The lowest BCUT2D eigenvalue weighted by atomic mass is 10.1. The number of piperidine rings is 1. The van der Waals surface area contributed by atoms with Gasteiger partial charge in [-0.15, -0.1) is 11.8 Å². The molecule has 1 unspecified atom stereocenters. The number of hydrogen-bond donors (Lipinski definition) is 1. The van der Waals surface area contributed by atoms with Crippen LogP contribution in [0.1, 0.15) is 12.8 Å². The maximum atomic E-state index is 12.7. The van der Waals surface area contributed by atoms with Gasteiger partial charge in [-0.3, -0.25) is 0 Å². The molecule has 1 fully saturated rings. The summed E-state index contributed by atoms with van der Waals surface area (Å²) >= 11 is 1.62. The topological polar surface area (TPSA) is 40.5 Å². The van der Waals surface area contributed by atoms with Gasteiger partial charge >= 0.3 is 6.09 Å². The predicted molar refractivity (Wildman–Crippen MR) is 64.9 cm³/mol. The van der Waals surface area contributed by atoms with Gasteiger partial charge < -0.3 is 10.0 Å². The van der Waals surface area contributed by atoms with Gasteiger partial charge in [-0.1, -0.05) is 0 Å². The smallest absolute Gasteiger partial charge is 0.407 e. The first-order valence-corrected chi connectivity index (χ1v) is 6.43. The number of likely N-dealkylation sites (tertiary alicyclic amines) is 1. The monoisotopic (exact) mass is 255 g/mol. The third kappa shape index (κ3) is 3.36. The summed E-state index contributed by atoms with van der Waals surface area (Å²) in [5.41, 5.74) is 0. The molecule has 0 radical (unpaired) electrons. The Morgan fingerprint density at radius 1 is 1.41 bits per heavy atom. The summed E-state index contributed by atoms with van der Waals surface area (Å²) < 4.78 is 12.7. The van der Waals surface area contributed by atoms with Gasteiger partial charge in [-0.25, -0.2) is 9.18 Å². The first-order valence-electron chi connectivity index (χ1n) is 5.55. The molecule has 1 N–H and O–H groups in total. The Balaban J connectivity index is 1.94. The Bertz CT molecular complexity index is 396. The molecule has 1 aliphatic heterocycles. The van der Waals surface area contributed by atoms with Gasteiger partial charge in [0.1, 0.15) is 5.82 Å². The van der Waals surface area contributed by atoms with Gasteiger partial charge in [0, 0.05) is 23.2 Å². The lowest BCUT2D eigenvalue weighted by molar-refractivity contribution is 0.137. The summed E-state index contributed by atoms with van der Waals surface area (Å²) in [7, 11) is 0. The number of carboxylic acid groups (broad SMARTS) is 1. The molecule has 2 rings (SSSR count). The fraction of sp³-hybridized carbons (Fsp3) is 0.417. The van der Waals surface area contributed by atoms with Crippen LogP contribution in [0.15, 0.2) is 29.2 Å². The third-order valence-corrected chi connectivity index (χ3v) is 4.03. The second-order valence-corrected chi connectivity index (χ2v) is 5.44. The van der Waals surface area contributed by atoms with Crippen LogP contribution >= 0.6 is 11.8 Å². The van der Waals surface area contributed by atoms with Crippen LogP contribution in [0.2, 0.25) is 0 Å². The Kier molecular flexibility index (Phi) is 3.89. The van der Waals surface area contributed by atoms with E-state index in [9.17, 15) is 9.18 Å². The number of thioether (sulfide) groups is 1. The summed E-state index contributed by atoms with van der Waals surface area (Å²) in [5, 5.41) is 9.19. The zero-order valence-electron chi connectivity index (χ0n) is 9.30. The molecule has 1 aliphatic rings. The van der Waals surface area contributed by atoms with E-state index in [0.717, 1.165) is 17.7 Å². The second kappa shape index (κ2) is 5.40. The quantitative estimate of drug-likeness (QED) is 0.883. The molecule has 0 aliphatic carbocycles. The van der Waals surface area contributed by atoms with Crippen molar-refractivity contribution < 1.29 is 14.3 Å². The molecule has 0 saturated carbocycles. The van der Waals surface area contributed by atoms with E-state index >= 15 is 0 Å². The van der Waals surface area contributed by atoms with E-state index in [1.165, 1.54) is 17.0 Å². The molecule has 0 bridgehead atoms. The van der Waals surface area contributed by atoms with Gasteiger partial charge in [-0.05, 0) is 37.1 Å². The number of benzene rings is 1. The first kappa shape index (κ1) is 12.2. The van der Waals surface area contributed by atoms with Gasteiger partial charge in [0.2, 0.25) is 0 Å². The molecule has 17 heavy (non-hydrogen) atoms. The fourth-order valence-electron chi connectivity index (χ4n) is 1.91. The lowest BCUT2D eigenvalue weighted by Crippen LogP contribution is -2.40. The van der Waals surface area contributed by atoms with Crippen molar-refractivity contribution in [1.82, 2.24) is 4.90 Å². The molecule has 3 nitrogen and oxygen atoms in total. The Morgan fingerprint density at radius 3 is 2.76 bits per heavy atom. The number of amides is 1. The van der Waals surface area contributed by atoms with Crippen molar-refractivity contribution in [3.05, 3.63) is 30.1 Å². The number of carbonyl (C=O) groups is 1. The van der Waals surface area contributed by atoms with Crippen molar-refractivity contribution in [1.29, 1.82) is 0 Å². The Labute approximate surface area is 104 Å². The zero-order valence-corrected chi connectivity index (χ0v) is 10.1. The van der Waals surface area contributed by atoms with E-state index in [2.05, 4.69) is 0 Å². The summed E-state index contributed by atoms with van der Waals surface area (Å²) in [4.78, 5) is 13.3. The normalized spacial score (nSPS) is 20.3. The first-order chi connectivity index (χ1) is 8.15. The van der Waals surface area contributed by atoms with Gasteiger partial charge in [0.15, 0.2) is 0 Å². The molecular formula is C12H14FNO2S. The Morgan fingerprint density at radius 2 is 2.12 bits per heavy atom. The molecular weight excluding hydrogens is 241 g/mol. The van der Waals surface area contributed by atoms with Gasteiger partial charge in [0.25, 0.3) is 0 Å². The van der Waals surface area contributed by atoms with Crippen molar-refractivity contribution in [2.45, 2.75) is 23.0 Å². The number of halogens is 1. The summed E-state index contributed by atoms with van der Waals surface area (Å²) in [5.74, 6) is -0.245. The van der Waals surface area contributed by atoms with Crippen molar-refractivity contribution >= 4 is 17.9 Å². The Hall–Kier alpha value is -1.23. The molecule has 92 valence electrons. The molecule has 5 heteroatoms. The molecule has 1 aromatic rings. The maximum Gasteiger partial charge on any atom is 0.407 e. The lowest BCUT2D eigenvalue weighted by Gasteiger charge is -2.30. The average molecular weight is 255 g/mol. The van der Waals surface area contributed by atoms with Crippen LogP contribution in [0.3, 0.4) is 0 Å². The van der Waals surface area contributed by atoms with E-state index in [-0.39, 0.29) is 11.1 Å². The van der Waals surface area contributed by atoms with Gasteiger partial charge in [-0.2, -0.15) is 0 Å². The van der Waals surface area contributed by atoms with E-state index in [0.29, 0.717) is 13.1 Å². The summed E-state index contributed by atoms with van der Waals surface area (Å²) in [6, 6.07) is 6.33. The van der Waals surface area contributed by atoms with E-state index < -0.39 is 6.09 Å². The zero-order chi connectivity index (χ0) is 12.3. The maximum absolute atomic E-state index is 12.7. The minimum Gasteiger partial charge on any atom is -0.465 e. The van der Waals surface area contributed by atoms with Crippen LogP contribution in [-0.2, 0) is 0 Å². The highest BCUT2D eigenvalue weighted by Gasteiger charge is 2.23. The molecule has 1 aromatic carbocycles. The van der Waals surface area contributed by atoms with Gasteiger partial charge in [0.05, 0.1) is 0 Å². The SMILES string of the molecule is O=C(O)N1CCCC(Sc2ccc(F)cc2)C1. The van der Waals surface area contributed by atoms with Crippen molar-refractivity contribution in [3.8, 4) is 0 Å². The standard InChI is InChI=1S/C12H14FNO2S/c13-9-3-5-10(6-4-9)17-11-2-1-7-14(8-11)12(15)16/h3-6,11H,1-2,7-8H2,(H,15,16). The van der Waals surface area contributed by atoms with Crippen LogP contribution in [0, 0.1) is 5.82 Å². The average Bonchev–Trinajstić information content (AvgIpc) is 2.32. The molecule has 0 spiro atoms. The fourth-order valence-corrected chi connectivity index (χ4v) is 3.13. The molecule has 1 amide bonds. The van der Waals surface area contributed by atoms with Crippen molar-refractivity contribution in [3.63, 3.8) is 0 Å². The highest BCUT2D eigenvalue weighted by molar-refractivity contribution is 8.00. The minimum absolute atomic E-state index is 0.245.